The van der Waals surface area contributed by atoms with E-state index in [4.69, 9.17) is 0 Å². The van der Waals surface area contributed by atoms with E-state index in [1.165, 1.54) is 30.3 Å². The predicted molar refractivity (Wildman–Crippen MR) is 62.5 cm³/mol. The van der Waals surface area contributed by atoms with Crippen molar-refractivity contribution >= 4 is 5.97 Å². The highest BCUT2D eigenvalue weighted by atomic mass is 19.4. The summed E-state index contributed by atoms with van der Waals surface area (Å²) in [5.41, 5.74) is -0.308. The van der Waals surface area contributed by atoms with Crippen molar-refractivity contribution in [2.75, 3.05) is 7.11 Å². The Morgan fingerprint density at radius 1 is 1.30 bits per heavy atom. The summed E-state index contributed by atoms with van der Waals surface area (Å²) in [7, 11) is 1.25. The maximum Gasteiger partial charge on any atom is 0.416 e. The summed E-state index contributed by atoms with van der Waals surface area (Å²) in [5, 5.41) is 3.98. The van der Waals surface area contributed by atoms with Crippen LogP contribution >= 0.6 is 0 Å². The maximum absolute atomic E-state index is 12.4. The van der Waals surface area contributed by atoms with Gasteiger partial charge in [0.05, 0.1) is 12.7 Å². The van der Waals surface area contributed by atoms with Crippen LogP contribution in [0.3, 0.4) is 0 Å². The van der Waals surface area contributed by atoms with E-state index >= 15 is 0 Å². The molecular formula is C12H10F3N3O2. The summed E-state index contributed by atoms with van der Waals surface area (Å²) >= 11 is 0. The van der Waals surface area contributed by atoms with E-state index < -0.39 is 17.7 Å². The molecule has 0 radical (unpaired) electrons. The quantitative estimate of drug-likeness (QED) is 0.811. The number of hydrogen-bond donors (Lipinski definition) is 0. The Labute approximate surface area is 112 Å². The molecule has 0 aliphatic rings. The number of ether oxygens (including phenoxy) is 1. The molecule has 0 saturated carbocycles. The van der Waals surface area contributed by atoms with Gasteiger partial charge in [0.2, 0.25) is 0 Å². The summed E-state index contributed by atoms with van der Waals surface area (Å²) in [6.07, 6.45) is -3.07. The molecule has 8 heteroatoms. The highest BCUT2D eigenvalue weighted by Gasteiger charge is 2.30. The number of esters is 1. The predicted octanol–water partition coefficient (Wildman–Crippen LogP) is 2.14. The van der Waals surface area contributed by atoms with Crippen LogP contribution in [0.1, 0.15) is 5.56 Å². The second kappa shape index (κ2) is 5.32. The minimum Gasteiger partial charge on any atom is -0.468 e. The topological polar surface area (TPSA) is 57.0 Å². The zero-order valence-electron chi connectivity index (χ0n) is 10.4. The molecule has 0 fully saturated rings. The van der Waals surface area contributed by atoms with Gasteiger partial charge < -0.3 is 4.74 Å². The van der Waals surface area contributed by atoms with Crippen molar-refractivity contribution in [2.45, 2.75) is 12.7 Å². The van der Waals surface area contributed by atoms with Crippen LogP contribution in [0.15, 0.2) is 30.6 Å². The van der Waals surface area contributed by atoms with Gasteiger partial charge in [0.15, 0.2) is 5.82 Å². The zero-order chi connectivity index (χ0) is 14.8. The zero-order valence-corrected chi connectivity index (χ0v) is 10.4. The number of carbonyl (C=O) groups excluding carboxylic acids is 1. The SMILES string of the molecule is COC(=O)Cn1cnc(-c2ccc(C(F)(F)F)cc2)n1. The fourth-order valence-corrected chi connectivity index (χ4v) is 1.51. The van der Waals surface area contributed by atoms with Gasteiger partial charge >= 0.3 is 12.1 Å². The number of halogens is 3. The summed E-state index contributed by atoms with van der Waals surface area (Å²) in [6, 6.07) is 4.47. The van der Waals surface area contributed by atoms with Crippen molar-refractivity contribution in [1.29, 1.82) is 0 Å². The summed E-state index contributed by atoms with van der Waals surface area (Å²) < 4.78 is 43.0. The molecule has 1 heterocycles. The molecular weight excluding hydrogens is 275 g/mol. The minimum atomic E-state index is -4.38. The van der Waals surface area contributed by atoms with Crippen LogP contribution < -0.4 is 0 Å². The van der Waals surface area contributed by atoms with Gasteiger partial charge in [0.1, 0.15) is 12.9 Å². The average molecular weight is 285 g/mol. The molecule has 5 nitrogen and oxygen atoms in total. The summed E-state index contributed by atoms with van der Waals surface area (Å²) in [4.78, 5) is 15.0. The van der Waals surface area contributed by atoms with Gasteiger partial charge in [-0.1, -0.05) is 12.1 Å². The van der Waals surface area contributed by atoms with Crippen molar-refractivity contribution < 1.29 is 22.7 Å². The fraction of sp³-hybridized carbons (Fsp3) is 0.250. The molecule has 2 rings (SSSR count). The van der Waals surface area contributed by atoms with Gasteiger partial charge in [0, 0.05) is 5.56 Å². The molecule has 106 valence electrons. The lowest BCUT2D eigenvalue weighted by molar-refractivity contribution is -0.141. The largest absolute Gasteiger partial charge is 0.468 e. The lowest BCUT2D eigenvalue weighted by atomic mass is 10.1. The third-order valence-electron chi connectivity index (χ3n) is 2.53. The van der Waals surface area contributed by atoms with Crippen LogP contribution in [0.5, 0.6) is 0 Å². The molecule has 0 N–H and O–H groups in total. The number of carbonyl (C=O) groups is 1. The molecule has 0 bridgehead atoms. The molecule has 1 aromatic heterocycles. The Hall–Kier alpha value is -2.38. The molecule has 2 aromatic rings. The highest BCUT2D eigenvalue weighted by molar-refractivity contribution is 5.68. The minimum absolute atomic E-state index is 0.107. The summed E-state index contributed by atoms with van der Waals surface area (Å²) in [6.45, 7) is -0.107. The average Bonchev–Trinajstić information content (AvgIpc) is 2.86. The van der Waals surface area contributed by atoms with Crippen LogP contribution in [0.4, 0.5) is 13.2 Å². The third kappa shape index (κ3) is 3.14. The molecule has 0 aliphatic heterocycles. The maximum atomic E-state index is 12.4. The third-order valence-corrected chi connectivity index (χ3v) is 2.53. The molecule has 0 saturated heterocycles. The van der Waals surface area contributed by atoms with E-state index in [2.05, 4.69) is 14.8 Å². The Bertz CT molecular complexity index is 605. The number of aromatic nitrogens is 3. The smallest absolute Gasteiger partial charge is 0.416 e. The van der Waals surface area contributed by atoms with E-state index in [1.807, 2.05) is 0 Å². The van der Waals surface area contributed by atoms with Gasteiger partial charge in [0.25, 0.3) is 0 Å². The number of rotatable bonds is 3. The number of benzene rings is 1. The Kier molecular flexibility index (Phi) is 3.73. The van der Waals surface area contributed by atoms with Gasteiger partial charge in [-0.25, -0.2) is 9.67 Å². The van der Waals surface area contributed by atoms with Crippen LogP contribution in [0.2, 0.25) is 0 Å². The van der Waals surface area contributed by atoms with Gasteiger partial charge in [-0.2, -0.15) is 18.3 Å². The second-order valence-corrected chi connectivity index (χ2v) is 3.92. The van der Waals surface area contributed by atoms with Crippen LogP contribution in [-0.4, -0.2) is 27.8 Å². The van der Waals surface area contributed by atoms with Crippen LogP contribution in [0.25, 0.3) is 11.4 Å². The first-order valence-corrected chi connectivity index (χ1v) is 5.54. The fourth-order valence-electron chi connectivity index (χ4n) is 1.51. The van der Waals surface area contributed by atoms with E-state index in [0.717, 1.165) is 12.1 Å². The lowest BCUT2D eigenvalue weighted by Crippen LogP contribution is -2.11. The Morgan fingerprint density at radius 2 is 1.95 bits per heavy atom. The molecule has 0 aliphatic carbocycles. The number of alkyl halides is 3. The Morgan fingerprint density at radius 3 is 2.50 bits per heavy atom. The summed E-state index contributed by atoms with van der Waals surface area (Å²) in [5.74, 6) is -0.253. The second-order valence-electron chi connectivity index (χ2n) is 3.92. The molecule has 0 atom stereocenters. The van der Waals surface area contributed by atoms with E-state index in [0.29, 0.717) is 5.56 Å². The number of nitrogens with zero attached hydrogens (tertiary/aromatic N) is 3. The normalized spacial score (nSPS) is 11.4. The highest BCUT2D eigenvalue weighted by Crippen LogP contribution is 2.30. The molecule has 20 heavy (non-hydrogen) atoms. The standard InChI is InChI=1S/C12H10F3N3O2/c1-20-10(19)6-18-7-16-11(17-18)8-2-4-9(5-3-8)12(13,14)15/h2-5,7H,6H2,1H3. The first kappa shape index (κ1) is 14.0. The van der Waals surface area contributed by atoms with Gasteiger partial charge in [-0.05, 0) is 12.1 Å². The molecule has 0 amide bonds. The van der Waals surface area contributed by atoms with Crippen molar-refractivity contribution in [3.63, 3.8) is 0 Å². The van der Waals surface area contributed by atoms with Crippen LogP contribution in [0, 0.1) is 0 Å². The molecule has 0 unspecified atom stereocenters. The van der Waals surface area contributed by atoms with Gasteiger partial charge in [-0.3, -0.25) is 4.79 Å². The van der Waals surface area contributed by atoms with Crippen molar-refractivity contribution in [3.8, 4) is 11.4 Å². The first-order chi connectivity index (χ1) is 9.40. The molecule has 0 spiro atoms. The Balaban J connectivity index is 2.18. The lowest BCUT2D eigenvalue weighted by Gasteiger charge is -2.06. The van der Waals surface area contributed by atoms with Crippen molar-refractivity contribution in [1.82, 2.24) is 14.8 Å². The monoisotopic (exact) mass is 285 g/mol. The van der Waals surface area contributed by atoms with Gasteiger partial charge in [-0.15, -0.1) is 0 Å². The molecule has 1 aromatic carbocycles. The van der Waals surface area contributed by atoms with E-state index in [1.54, 1.807) is 0 Å². The van der Waals surface area contributed by atoms with E-state index in [-0.39, 0.29) is 12.4 Å². The first-order valence-electron chi connectivity index (χ1n) is 5.54. The van der Waals surface area contributed by atoms with Crippen molar-refractivity contribution in [2.24, 2.45) is 0 Å². The number of methoxy groups -OCH3 is 1. The van der Waals surface area contributed by atoms with E-state index in [9.17, 15) is 18.0 Å². The number of hydrogen-bond acceptors (Lipinski definition) is 4. The van der Waals surface area contributed by atoms with Crippen molar-refractivity contribution in [3.05, 3.63) is 36.2 Å². The van der Waals surface area contributed by atoms with Crippen LogP contribution in [-0.2, 0) is 22.3 Å².